The van der Waals surface area contributed by atoms with Crippen LogP contribution in [0.15, 0.2) is 39.8 Å². The Hall–Kier alpha value is -2.37. The molecule has 2 N–H and O–H groups in total. The van der Waals surface area contributed by atoms with Crippen LogP contribution in [0, 0.1) is 6.92 Å². The Morgan fingerprint density at radius 3 is 2.42 bits per heavy atom. The standard InChI is InChI=1S/C18H27N5O/c1-5-18(6-2,15-10-8-7-9-11-15)13-21-17(19-4)20-12-16-22-14(3)23-24-16/h7-11H,5-6,12-13H2,1-4H3,(H2,19,20,21). The first-order valence-corrected chi connectivity index (χ1v) is 8.42. The Morgan fingerprint density at radius 2 is 1.88 bits per heavy atom. The van der Waals surface area contributed by atoms with E-state index in [1.165, 1.54) is 5.56 Å². The summed E-state index contributed by atoms with van der Waals surface area (Å²) in [6.07, 6.45) is 2.11. The Morgan fingerprint density at radius 1 is 1.17 bits per heavy atom. The van der Waals surface area contributed by atoms with E-state index in [-0.39, 0.29) is 5.41 Å². The normalized spacial score (nSPS) is 12.2. The van der Waals surface area contributed by atoms with Crippen molar-refractivity contribution in [2.24, 2.45) is 4.99 Å². The third-order valence-corrected chi connectivity index (χ3v) is 4.53. The molecule has 130 valence electrons. The number of aliphatic imine (C=N–C) groups is 1. The van der Waals surface area contributed by atoms with E-state index in [0.717, 1.165) is 25.3 Å². The van der Waals surface area contributed by atoms with Crippen molar-refractivity contribution < 1.29 is 4.52 Å². The summed E-state index contributed by atoms with van der Waals surface area (Å²) in [5.74, 6) is 1.92. The second kappa shape index (κ2) is 8.47. The fourth-order valence-corrected chi connectivity index (χ4v) is 2.85. The monoisotopic (exact) mass is 329 g/mol. The van der Waals surface area contributed by atoms with E-state index in [9.17, 15) is 0 Å². The molecule has 24 heavy (non-hydrogen) atoms. The van der Waals surface area contributed by atoms with Crippen LogP contribution in [0.4, 0.5) is 0 Å². The van der Waals surface area contributed by atoms with E-state index >= 15 is 0 Å². The van der Waals surface area contributed by atoms with E-state index < -0.39 is 0 Å². The molecule has 0 spiro atoms. The Labute approximate surface area is 143 Å². The van der Waals surface area contributed by atoms with Crippen LogP contribution >= 0.6 is 0 Å². The number of nitrogens with zero attached hydrogens (tertiary/aromatic N) is 3. The van der Waals surface area contributed by atoms with Crippen LogP contribution in [0.3, 0.4) is 0 Å². The minimum absolute atomic E-state index is 0.0833. The van der Waals surface area contributed by atoms with Crippen molar-refractivity contribution in [3.8, 4) is 0 Å². The largest absolute Gasteiger partial charge is 0.356 e. The number of hydrogen-bond donors (Lipinski definition) is 2. The number of nitrogens with one attached hydrogen (secondary N) is 2. The molecular weight excluding hydrogens is 302 g/mol. The average molecular weight is 329 g/mol. The molecule has 0 amide bonds. The predicted molar refractivity (Wildman–Crippen MR) is 95.9 cm³/mol. The molecule has 0 aliphatic carbocycles. The van der Waals surface area contributed by atoms with Gasteiger partial charge in [-0.25, -0.2) is 0 Å². The molecule has 0 atom stereocenters. The van der Waals surface area contributed by atoms with Crippen molar-refractivity contribution in [2.45, 2.75) is 45.6 Å². The number of hydrogen-bond acceptors (Lipinski definition) is 4. The van der Waals surface area contributed by atoms with Crippen molar-refractivity contribution in [1.82, 2.24) is 20.8 Å². The molecule has 6 heteroatoms. The summed E-state index contributed by atoms with van der Waals surface area (Å²) in [6.45, 7) is 7.53. The molecule has 1 aromatic carbocycles. The molecule has 0 saturated carbocycles. The van der Waals surface area contributed by atoms with Gasteiger partial charge in [0.2, 0.25) is 5.89 Å². The summed E-state index contributed by atoms with van der Waals surface area (Å²) < 4.78 is 5.11. The third-order valence-electron chi connectivity index (χ3n) is 4.53. The maximum Gasteiger partial charge on any atom is 0.246 e. The van der Waals surface area contributed by atoms with E-state index in [1.54, 1.807) is 14.0 Å². The van der Waals surface area contributed by atoms with E-state index in [4.69, 9.17) is 4.52 Å². The topological polar surface area (TPSA) is 75.3 Å². The second-order valence-corrected chi connectivity index (χ2v) is 5.87. The molecule has 0 aliphatic rings. The highest BCUT2D eigenvalue weighted by Crippen LogP contribution is 2.30. The van der Waals surface area contributed by atoms with Gasteiger partial charge < -0.3 is 15.2 Å². The average Bonchev–Trinajstić information content (AvgIpc) is 3.05. The van der Waals surface area contributed by atoms with Gasteiger partial charge in [0.25, 0.3) is 0 Å². The zero-order valence-corrected chi connectivity index (χ0v) is 15.0. The summed E-state index contributed by atoms with van der Waals surface area (Å²) in [4.78, 5) is 8.46. The maximum atomic E-state index is 5.11. The van der Waals surface area contributed by atoms with E-state index in [0.29, 0.717) is 18.3 Å². The molecule has 2 rings (SSSR count). The molecule has 1 heterocycles. The van der Waals surface area contributed by atoms with Gasteiger partial charge in [0, 0.05) is 19.0 Å². The van der Waals surface area contributed by atoms with Crippen LogP contribution < -0.4 is 10.6 Å². The van der Waals surface area contributed by atoms with Gasteiger partial charge in [-0.1, -0.05) is 49.3 Å². The molecule has 0 unspecified atom stereocenters. The number of aryl methyl sites for hydroxylation is 1. The van der Waals surface area contributed by atoms with Crippen molar-refractivity contribution in [1.29, 1.82) is 0 Å². The van der Waals surface area contributed by atoms with Gasteiger partial charge in [-0.05, 0) is 25.3 Å². The molecule has 0 bridgehead atoms. The lowest BCUT2D eigenvalue weighted by Gasteiger charge is -2.33. The van der Waals surface area contributed by atoms with Crippen LogP contribution in [-0.2, 0) is 12.0 Å². The fourth-order valence-electron chi connectivity index (χ4n) is 2.85. The Bertz CT molecular complexity index is 646. The molecular formula is C18H27N5O. The summed E-state index contributed by atoms with van der Waals surface area (Å²) in [7, 11) is 1.76. The zero-order valence-electron chi connectivity index (χ0n) is 15.0. The quantitative estimate of drug-likeness (QED) is 0.603. The van der Waals surface area contributed by atoms with Crippen LogP contribution in [0.2, 0.25) is 0 Å². The highest BCUT2D eigenvalue weighted by atomic mass is 16.5. The third kappa shape index (κ3) is 4.34. The molecule has 2 aromatic rings. The minimum atomic E-state index is 0.0833. The lowest BCUT2D eigenvalue weighted by Crippen LogP contribution is -2.45. The van der Waals surface area contributed by atoms with Crippen LogP contribution in [0.25, 0.3) is 0 Å². The van der Waals surface area contributed by atoms with Gasteiger partial charge in [-0.3, -0.25) is 4.99 Å². The van der Waals surface area contributed by atoms with E-state index in [1.807, 2.05) is 0 Å². The molecule has 0 fully saturated rings. The summed E-state index contributed by atoms with van der Waals surface area (Å²) in [5, 5.41) is 10.4. The molecule has 1 aromatic heterocycles. The van der Waals surface area contributed by atoms with Crippen LogP contribution in [-0.4, -0.2) is 29.7 Å². The first-order valence-electron chi connectivity index (χ1n) is 8.42. The molecule has 0 radical (unpaired) electrons. The number of rotatable bonds is 7. The van der Waals surface area contributed by atoms with E-state index in [2.05, 4.69) is 69.9 Å². The molecule has 6 nitrogen and oxygen atoms in total. The molecule has 0 aliphatic heterocycles. The number of guanidine groups is 1. The maximum absolute atomic E-state index is 5.11. The SMILES string of the molecule is CCC(CC)(CNC(=NC)NCc1nc(C)no1)c1ccccc1. The zero-order chi connectivity index (χ0) is 17.4. The van der Waals surface area contributed by atoms with Gasteiger partial charge in [0.05, 0.1) is 6.54 Å². The van der Waals surface area contributed by atoms with Crippen molar-refractivity contribution >= 4 is 5.96 Å². The lowest BCUT2D eigenvalue weighted by atomic mass is 9.76. The summed E-state index contributed by atoms with van der Waals surface area (Å²) >= 11 is 0. The molecule has 0 saturated heterocycles. The second-order valence-electron chi connectivity index (χ2n) is 5.87. The predicted octanol–water partition coefficient (Wildman–Crippen LogP) is 2.80. The Balaban J connectivity index is 1.99. The minimum Gasteiger partial charge on any atom is -0.356 e. The highest BCUT2D eigenvalue weighted by molar-refractivity contribution is 5.79. The van der Waals surface area contributed by atoms with Crippen molar-refractivity contribution in [3.63, 3.8) is 0 Å². The van der Waals surface area contributed by atoms with Crippen molar-refractivity contribution in [2.75, 3.05) is 13.6 Å². The van der Waals surface area contributed by atoms with Gasteiger partial charge in [0.15, 0.2) is 11.8 Å². The van der Waals surface area contributed by atoms with Crippen LogP contribution in [0.1, 0.15) is 44.0 Å². The summed E-state index contributed by atoms with van der Waals surface area (Å²) in [5.41, 5.74) is 1.44. The lowest BCUT2D eigenvalue weighted by molar-refractivity contribution is 0.369. The van der Waals surface area contributed by atoms with Gasteiger partial charge in [-0.2, -0.15) is 4.98 Å². The smallest absolute Gasteiger partial charge is 0.246 e. The first-order chi connectivity index (χ1) is 11.6. The van der Waals surface area contributed by atoms with Crippen molar-refractivity contribution in [3.05, 3.63) is 47.6 Å². The fraction of sp³-hybridized carbons (Fsp3) is 0.500. The van der Waals surface area contributed by atoms with Gasteiger partial charge >= 0.3 is 0 Å². The summed E-state index contributed by atoms with van der Waals surface area (Å²) in [6, 6.07) is 10.7. The highest BCUT2D eigenvalue weighted by Gasteiger charge is 2.28. The van der Waals surface area contributed by atoms with Gasteiger partial charge in [0.1, 0.15) is 0 Å². The van der Waals surface area contributed by atoms with Gasteiger partial charge in [-0.15, -0.1) is 0 Å². The number of benzene rings is 1. The Kier molecular flexibility index (Phi) is 6.35. The first kappa shape index (κ1) is 18.0. The van der Waals surface area contributed by atoms with Crippen LogP contribution in [0.5, 0.6) is 0 Å². The number of aromatic nitrogens is 2.